The number of ether oxygens (including phenoxy) is 2. The summed E-state index contributed by atoms with van der Waals surface area (Å²) >= 11 is 0. The minimum atomic E-state index is -0.0419. The molecule has 0 bridgehead atoms. The quantitative estimate of drug-likeness (QED) is 0.437. The average molecular weight is 444 g/mol. The van der Waals surface area contributed by atoms with Crippen LogP contribution in [0.25, 0.3) is 0 Å². The van der Waals surface area contributed by atoms with Gasteiger partial charge in [-0.3, -0.25) is 4.79 Å². The van der Waals surface area contributed by atoms with Crippen molar-refractivity contribution in [1.82, 2.24) is 0 Å². The van der Waals surface area contributed by atoms with E-state index in [1.807, 2.05) is 0 Å². The van der Waals surface area contributed by atoms with E-state index in [1.54, 1.807) is 0 Å². The van der Waals surface area contributed by atoms with Crippen LogP contribution in [0.4, 0.5) is 0 Å². The first kappa shape index (κ1) is 22.7. The normalized spacial score (nSPS) is 46.9. The zero-order valence-corrected chi connectivity index (χ0v) is 20.9. The lowest BCUT2D eigenvalue weighted by Crippen LogP contribution is -2.58. The monoisotopic (exact) mass is 443 g/mol. The predicted octanol–water partition coefficient (Wildman–Crippen LogP) is 6.56. The summed E-state index contributed by atoms with van der Waals surface area (Å²) in [4.78, 5) is 16.2. The fourth-order valence-corrected chi connectivity index (χ4v) is 9.32. The van der Waals surface area contributed by atoms with Gasteiger partial charge in [-0.2, -0.15) is 0 Å². The molecule has 4 fully saturated rings. The summed E-state index contributed by atoms with van der Waals surface area (Å²) in [6.45, 7) is 11.0. The molecule has 8 unspecified atom stereocenters. The molecule has 5 aliphatic rings. The van der Waals surface area contributed by atoms with Crippen LogP contribution in [0.3, 0.4) is 0 Å². The van der Waals surface area contributed by atoms with Crippen LogP contribution in [0.1, 0.15) is 105 Å². The van der Waals surface area contributed by atoms with Crippen molar-refractivity contribution in [3.63, 3.8) is 0 Å². The van der Waals surface area contributed by atoms with Gasteiger partial charge in [0.05, 0.1) is 5.54 Å². The summed E-state index contributed by atoms with van der Waals surface area (Å²) in [5.74, 6) is 4.55. The van der Waals surface area contributed by atoms with E-state index in [1.165, 1.54) is 64.2 Å². The van der Waals surface area contributed by atoms with Crippen molar-refractivity contribution in [3.05, 3.63) is 0 Å². The predicted molar refractivity (Wildman–Crippen MR) is 127 cm³/mol. The zero-order chi connectivity index (χ0) is 22.6. The third-order valence-corrected chi connectivity index (χ3v) is 11.0. The number of carbonyl (C=O) groups excluding carboxylic acids is 1. The Kier molecular flexibility index (Phi) is 5.90. The molecule has 0 radical (unpaired) electrons. The number of carbonyl (C=O) groups is 1. The highest BCUT2D eigenvalue weighted by atomic mass is 16.5. The van der Waals surface area contributed by atoms with Gasteiger partial charge < -0.3 is 9.47 Å². The van der Waals surface area contributed by atoms with Gasteiger partial charge >= 0.3 is 0 Å². The van der Waals surface area contributed by atoms with Crippen LogP contribution in [-0.4, -0.2) is 30.6 Å². The molecule has 0 aromatic carbocycles. The largest absolute Gasteiger partial charge is 0.478 e. The highest BCUT2D eigenvalue weighted by Crippen LogP contribution is 2.68. The molecular formula is C28H45NO3. The van der Waals surface area contributed by atoms with Gasteiger partial charge in [0, 0.05) is 12.3 Å². The Morgan fingerprint density at radius 1 is 1.03 bits per heavy atom. The molecule has 0 aromatic rings. The number of fused-ring (bicyclic) bond motifs is 5. The lowest BCUT2D eigenvalue weighted by atomic mass is 9.44. The standard InChI is InChI=1S/C28H45NO3/c1-26(2)17-31-24(29-26)10-7-9-19-11-12-21-25-22(13-15-28(19,21)4)27(3)14-6-5-8-20(27)16-23(25)32-18-30/h18-23,25H,5-17H2,1-4H3. The van der Waals surface area contributed by atoms with Crippen LogP contribution in [0.5, 0.6) is 0 Å². The van der Waals surface area contributed by atoms with Gasteiger partial charge in [0.2, 0.25) is 0 Å². The maximum atomic E-state index is 11.5. The van der Waals surface area contributed by atoms with Crippen LogP contribution in [-0.2, 0) is 14.3 Å². The van der Waals surface area contributed by atoms with E-state index in [2.05, 4.69) is 27.7 Å². The van der Waals surface area contributed by atoms with E-state index in [9.17, 15) is 4.79 Å². The van der Waals surface area contributed by atoms with Crippen molar-refractivity contribution in [3.8, 4) is 0 Å². The summed E-state index contributed by atoms with van der Waals surface area (Å²) in [5, 5.41) is 0. The van der Waals surface area contributed by atoms with Crippen LogP contribution >= 0.6 is 0 Å². The first-order valence-corrected chi connectivity index (χ1v) is 13.6. The molecule has 1 heterocycles. The number of hydrogen-bond donors (Lipinski definition) is 0. The Morgan fingerprint density at radius 3 is 2.59 bits per heavy atom. The topological polar surface area (TPSA) is 47.9 Å². The van der Waals surface area contributed by atoms with Gasteiger partial charge in [-0.05, 0) is 106 Å². The number of rotatable bonds is 6. The van der Waals surface area contributed by atoms with E-state index < -0.39 is 0 Å². The second-order valence-electron chi connectivity index (χ2n) is 13.1. The highest BCUT2D eigenvalue weighted by Gasteiger charge is 2.62. The van der Waals surface area contributed by atoms with E-state index in [0.29, 0.717) is 16.7 Å². The summed E-state index contributed by atoms with van der Waals surface area (Å²) < 4.78 is 11.7. The Morgan fingerprint density at radius 2 is 1.84 bits per heavy atom. The highest BCUT2D eigenvalue weighted by molar-refractivity contribution is 5.78. The van der Waals surface area contributed by atoms with Crippen molar-refractivity contribution in [2.45, 2.75) is 116 Å². The Balaban J connectivity index is 1.30. The molecule has 0 aromatic heterocycles. The smallest absolute Gasteiger partial charge is 0.293 e. The van der Waals surface area contributed by atoms with Crippen LogP contribution in [0.15, 0.2) is 4.99 Å². The van der Waals surface area contributed by atoms with Gasteiger partial charge in [0.25, 0.3) is 6.47 Å². The number of aliphatic imine (C=N–C) groups is 1. The SMILES string of the molecule is CC1(C)COC(CCCC2CCC3C4C(OC=O)CC5CCCCC5(C)C4CCC23C)=N1. The molecule has 32 heavy (non-hydrogen) atoms. The van der Waals surface area contributed by atoms with E-state index >= 15 is 0 Å². The number of hydrogen-bond acceptors (Lipinski definition) is 4. The van der Waals surface area contributed by atoms with Gasteiger partial charge in [0.15, 0.2) is 5.90 Å². The van der Waals surface area contributed by atoms with Crippen LogP contribution < -0.4 is 0 Å². The molecule has 0 saturated heterocycles. The van der Waals surface area contributed by atoms with Crippen molar-refractivity contribution >= 4 is 12.4 Å². The summed E-state index contributed by atoms with van der Waals surface area (Å²) in [7, 11) is 0. The maximum absolute atomic E-state index is 11.5. The molecule has 0 spiro atoms. The molecule has 4 saturated carbocycles. The second-order valence-corrected chi connectivity index (χ2v) is 13.1. The van der Waals surface area contributed by atoms with E-state index in [-0.39, 0.29) is 11.6 Å². The molecule has 5 rings (SSSR count). The number of nitrogens with zero attached hydrogens (tertiary/aromatic N) is 1. The van der Waals surface area contributed by atoms with Crippen molar-refractivity contribution in [1.29, 1.82) is 0 Å². The minimum absolute atomic E-state index is 0.0419. The lowest BCUT2D eigenvalue weighted by molar-refractivity contribution is -0.180. The van der Waals surface area contributed by atoms with Crippen LogP contribution in [0, 0.1) is 40.4 Å². The Hall–Kier alpha value is -1.06. The zero-order valence-electron chi connectivity index (χ0n) is 20.9. The van der Waals surface area contributed by atoms with Gasteiger partial charge in [-0.1, -0.05) is 26.7 Å². The third-order valence-electron chi connectivity index (χ3n) is 11.0. The van der Waals surface area contributed by atoms with E-state index in [0.717, 1.165) is 55.5 Å². The fourth-order valence-electron chi connectivity index (χ4n) is 9.32. The Labute approximate surface area is 195 Å². The fraction of sp³-hybridized carbons (Fsp3) is 0.929. The Bertz CT molecular complexity index is 747. The maximum Gasteiger partial charge on any atom is 0.293 e. The molecule has 0 amide bonds. The molecule has 1 aliphatic heterocycles. The average Bonchev–Trinajstić information content (AvgIpc) is 3.27. The molecule has 4 aliphatic carbocycles. The minimum Gasteiger partial charge on any atom is -0.478 e. The summed E-state index contributed by atoms with van der Waals surface area (Å²) in [5.41, 5.74) is 0.830. The van der Waals surface area contributed by atoms with E-state index in [4.69, 9.17) is 14.5 Å². The third kappa shape index (κ3) is 3.72. The van der Waals surface area contributed by atoms with Gasteiger partial charge in [0.1, 0.15) is 12.7 Å². The molecule has 0 N–H and O–H groups in total. The molecular weight excluding hydrogens is 398 g/mol. The summed E-state index contributed by atoms with van der Waals surface area (Å²) in [6, 6.07) is 0. The van der Waals surface area contributed by atoms with Crippen LogP contribution in [0.2, 0.25) is 0 Å². The summed E-state index contributed by atoms with van der Waals surface area (Å²) in [6.07, 6.45) is 15.6. The first-order valence-electron chi connectivity index (χ1n) is 13.6. The molecule has 8 atom stereocenters. The van der Waals surface area contributed by atoms with Crippen molar-refractivity contribution in [2.75, 3.05) is 6.61 Å². The lowest BCUT2D eigenvalue weighted by Gasteiger charge is -2.62. The molecule has 4 nitrogen and oxygen atoms in total. The molecule has 4 heteroatoms. The molecule has 180 valence electrons. The first-order chi connectivity index (χ1) is 15.3. The van der Waals surface area contributed by atoms with Gasteiger partial charge in [-0.15, -0.1) is 0 Å². The van der Waals surface area contributed by atoms with Crippen molar-refractivity contribution < 1.29 is 14.3 Å². The van der Waals surface area contributed by atoms with Crippen molar-refractivity contribution in [2.24, 2.45) is 45.4 Å². The second kappa shape index (κ2) is 8.31. The van der Waals surface area contributed by atoms with Gasteiger partial charge in [-0.25, -0.2) is 4.99 Å².